The van der Waals surface area contributed by atoms with Crippen molar-refractivity contribution >= 4 is 17.8 Å². The minimum Gasteiger partial charge on any atom is -0.493 e. The quantitative estimate of drug-likeness (QED) is 0.647. The summed E-state index contributed by atoms with van der Waals surface area (Å²) in [5.74, 6) is -0.817. The standard InChI is InChI=1S/C21H24N2O5/c1-3-28-18-12-8-7-11-16(18)21(26)22-14-19(24)23-17(13-20(25)27-2)15-9-5-4-6-10-15/h4-12,17H,3,13-14H2,1-2H3,(H,22,26)(H,23,24)/t17-/m0/s1. The highest BCUT2D eigenvalue weighted by atomic mass is 16.5. The lowest BCUT2D eigenvalue weighted by Gasteiger charge is -2.18. The summed E-state index contributed by atoms with van der Waals surface area (Å²) in [5, 5.41) is 5.33. The first kappa shape index (κ1) is 21.0. The van der Waals surface area contributed by atoms with Gasteiger partial charge >= 0.3 is 5.97 Å². The fourth-order valence-corrected chi connectivity index (χ4v) is 2.62. The van der Waals surface area contributed by atoms with Crippen molar-refractivity contribution < 1.29 is 23.9 Å². The van der Waals surface area contributed by atoms with E-state index in [9.17, 15) is 14.4 Å². The van der Waals surface area contributed by atoms with Crippen LogP contribution >= 0.6 is 0 Å². The van der Waals surface area contributed by atoms with Gasteiger partial charge in [0.25, 0.3) is 5.91 Å². The number of benzene rings is 2. The highest BCUT2D eigenvalue weighted by Gasteiger charge is 2.19. The van der Waals surface area contributed by atoms with Crippen molar-refractivity contribution in [2.75, 3.05) is 20.3 Å². The lowest BCUT2D eigenvalue weighted by atomic mass is 10.0. The van der Waals surface area contributed by atoms with Crippen LogP contribution in [0.2, 0.25) is 0 Å². The van der Waals surface area contributed by atoms with Crippen LogP contribution in [0.1, 0.15) is 35.3 Å². The van der Waals surface area contributed by atoms with Gasteiger partial charge in [-0.3, -0.25) is 14.4 Å². The molecule has 0 saturated carbocycles. The van der Waals surface area contributed by atoms with Crippen molar-refractivity contribution in [2.45, 2.75) is 19.4 Å². The molecule has 148 valence electrons. The molecule has 1 atom stereocenters. The molecule has 0 aliphatic carbocycles. The third-order valence-corrected chi connectivity index (χ3v) is 3.98. The summed E-state index contributed by atoms with van der Waals surface area (Å²) in [6.45, 7) is 2.02. The largest absolute Gasteiger partial charge is 0.493 e. The molecule has 2 N–H and O–H groups in total. The predicted molar refractivity (Wildman–Crippen MR) is 104 cm³/mol. The van der Waals surface area contributed by atoms with Crippen LogP contribution in [0.3, 0.4) is 0 Å². The van der Waals surface area contributed by atoms with Gasteiger partial charge in [-0.2, -0.15) is 0 Å². The zero-order valence-electron chi connectivity index (χ0n) is 15.9. The average molecular weight is 384 g/mol. The van der Waals surface area contributed by atoms with E-state index in [2.05, 4.69) is 10.6 Å². The van der Waals surface area contributed by atoms with Gasteiger partial charge < -0.3 is 20.1 Å². The number of amides is 2. The molecule has 0 heterocycles. The maximum Gasteiger partial charge on any atom is 0.307 e. The Bertz CT molecular complexity index is 807. The molecule has 7 nitrogen and oxygen atoms in total. The van der Waals surface area contributed by atoms with Gasteiger partial charge in [0.2, 0.25) is 5.91 Å². The molecule has 0 aliphatic rings. The summed E-state index contributed by atoms with van der Waals surface area (Å²) < 4.78 is 10.1. The fourth-order valence-electron chi connectivity index (χ4n) is 2.62. The Hall–Kier alpha value is -3.35. The van der Waals surface area contributed by atoms with Crippen LogP contribution in [0.4, 0.5) is 0 Å². The fraction of sp³-hybridized carbons (Fsp3) is 0.286. The van der Waals surface area contributed by atoms with E-state index < -0.39 is 23.8 Å². The molecule has 0 saturated heterocycles. The zero-order valence-corrected chi connectivity index (χ0v) is 15.9. The van der Waals surface area contributed by atoms with Crippen molar-refractivity contribution in [2.24, 2.45) is 0 Å². The summed E-state index contributed by atoms with van der Waals surface area (Å²) >= 11 is 0. The normalized spacial score (nSPS) is 11.2. The second-order valence-corrected chi connectivity index (χ2v) is 5.92. The molecule has 0 bridgehead atoms. The second-order valence-electron chi connectivity index (χ2n) is 5.92. The number of nitrogens with one attached hydrogen (secondary N) is 2. The maximum absolute atomic E-state index is 12.4. The molecule has 0 radical (unpaired) electrons. The molecule has 2 aromatic carbocycles. The molecule has 0 spiro atoms. The molecular formula is C21H24N2O5. The Morgan fingerprint density at radius 1 is 1.00 bits per heavy atom. The lowest BCUT2D eigenvalue weighted by Crippen LogP contribution is -2.39. The van der Waals surface area contributed by atoms with Gasteiger partial charge in [0, 0.05) is 0 Å². The van der Waals surface area contributed by atoms with Gasteiger partial charge in [-0.05, 0) is 24.6 Å². The summed E-state index contributed by atoms with van der Waals surface area (Å²) in [7, 11) is 1.29. The van der Waals surface area contributed by atoms with Gasteiger partial charge in [-0.25, -0.2) is 0 Å². The molecule has 0 fully saturated rings. The van der Waals surface area contributed by atoms with Crippen molar-refractivity contribution in [3.8, 4) is 5.75 Å². The number of hydrogen-bond donors (Lipinski definition) is 2. The smallest absolute Gasteiger partial charge is 0.307 e. The van der Waals surface area contributed by atoms with Gasteiger partial charge in [0.15, 0.2) is 0 Å². The highest BCUT2D eigenvalue weighted by Crippen LogP contribution is 2.18. The monoisotopic (exact) mass is 384 g/mol. The van der Waals surface area contributed by atoms with Crippen LogP contribution in [0.5, 0.6) is 5.75 Å². The minimum atomic E-state index is -0.547. The Balaban J connectivity index is 1.99. The third kappa shape index (κ3) is 6.12. The molecule has 0 aromatic heterocycles. The van der Waals surface area contributed by atoms with E-state index in [0.717, 1.165) is 5.56 Å². The van der Waals surface area contributed by atoms with Crippen molar-refractivity contribution in [1.82, 2.24) is 10.6 Å². The number of hydrogen-bond acceptors (Lipinski definition) is 5. The summed E-state index contributed by atoms with van der Waals surface area (Å²) in [6.07, 6.45) is -0.00657. The van der Waals surface area contributed by atoms with E-state index in [1.165, 1.54) is 7.11 Å². The average Bonchev–Trinajstić information content (AvgIpc) is 2.72. The van der Waals surface area contributed by atoms with Gasteiger partial charge in [-0.15, -0.1) is 0 Å². The first-order chi connectivity index (χ1) is 13.5. The molecule has 28 heavy (non-hydrogen) atoms. The Kier molecular flexibility index (Phi) is 8.02. The van der Waals surface area contributed by atoms with Crippen molar-refractivity contribution in [3.05, 3.63) is 65.7 Å². The first-order valence-electron chi connectivity index (χ1n) is 8.96. The maximum atomic E-state index is 12.4. The van der Waals surface area contributed by atoms with Crippen LogP contribution in [0, 0.1) is 0 Å². The van der Waals surface area contributed by atoms with Crippen LogP contribution in [0.25, 0.3) is 0 Å². The van der Waals surface area contributed by atoms with Gasteiger partial charge in [-0.1, -0.05) is 42.5 Å². The van der Waals surface area contributed by atoms with Crippen LogP contribution < -0.4 is 15.4 Å². The molecular weight excluding hydrogens is 360 g/mol. The molecule has 7 heteroatoms. The molecule has 0 aliphatic heterocycles. The predicted octanol–water partition coefficient (Wildman–Crippen LogP) is 2.24. The van der Waals surface area contributed by atoms with Crippen molar-refractivity contribution in [3.63, 3.8) is 0 Å². The Morgan fingerprint density at radius 3 is 2.36 bits per heavy atom. The van der Waals surface area contributed by atoms with E-state index in [1.54, 1.807) is 24.3 Å². The number of ether oxygens (including phenoxy) is 2. The van der Waals surface area contributed by atoms with E-state index in [1.807, 2.05) is 37.3 Å². The van der Waals surface area contributed by atoms with Gasteiger partial charge in [0.05, 0.1) is 38.3 Å². The number of carbonyl (C=O) groups excluding carboxylic acids is 3. The summed E-state index contributed by atoms with van der Waals surface area (Å²) in [4.78, 5) is 36.4. The zero-order chi connectivity index (χ0) is 20.4. The number of rotatable bonds is 9. The Labute approximate surface area is 164 Å². The van der Waals surface area contributed by atoms with Crippen LogP contribution in [-0.2, 0) is 14.3 Å². The van der Waals surface area contributed by atoms with E-state index in [-0.39, 0.29) is 13.0 Å². The molecule has 2 rings (SSSR count). The number of para-hydroxylation sites is 1. The SMILES string of the molecule is CCOc1ccccc1C(=O)NCC(=O)N[C@@H](CC(=O)OC)c1ccccc1. The number of carbonyl (C=O) groups is 3. The van der Waals surface area contributed by atoms with Crippen molar-refractivity contribution in [1.29, 1.82) is 0 Å². The second kappa shape index (κ2) is 10.7. The molecule has 2 amide bonds. The number of methoxy groups -OCH3 is 1. The minimum absolute atomic E-state index is 0.00657. The van der Waals surface area contributed by atoms with Crippen LogP contribution in [-0.4, -0.2) is 38.0 Å². The topological polar surface area (TPSA) is 93.7 Å². The van der Waals surface area contributed by atoms with E-state index in [0.29, 0.717) is 17.9 Å². The molecule has 2 aromatic rings. The van der Waals surface area contributed by atoms with E-state index >= 15 is 0 Å². The van der Waals surface area contributed by atoms with Crippen LogP contribution in [0.15, 0.2) is 54.6 Å². The Morgan fingerprint density at radius 2 is 1.68 bits per heavy atom. The summed E-state index contributed by atoms with van der Waals surface area (Å²) in [6, 6.07) is 15.4. The summed E-state index contributed by atoms with van der Waals surface area (Å²) in [5.41, 5.74) is 1.13. The number of esters is 1. The third-order valence-electron chi connectivity index (χ3n) is 3.98. The lowest BCUT2D eigenvalue weighted by molar-refractivity contribution is -0.141. The first-order valence-corrected chi connectivity index (χ1v) is 8.96. The molecule has 0 unspecified atom stereocenters. The van der Waals surface area contributed by atoms with E-state index in [4.69, 9.17) is 9.47 Å². The van der Waals surface area contributed by atoms with Gasteiger partial charge in [0.1, 0.15) is 5.75 Å². The highest BCUT2D eigenvalue weighted by molar-refractivity contribution is 5.98.